The molecule has 5 heteroatoms. The lowest BCUT2D eigenvalue weighted by Gasteiger charge is -1.95. The van der Waals surface area contributed by atoms with Crippen molar-refractivity contribution in [1.82, 2.24) is 0 Å². The topological polar surface area (TPSA) is 38.0 Å². The van der Waals surface area contributed by atoms with Crippen molar-refractivity contribution in [2.24, 2.45) is 7.05 Å². The number of halogens is 1. The second kappa shape index (κ2) is 2.82. The lowest BCUT2D eigenvalue weighted by Crippen LogP contribution is -2.39. The summed E-state index contributed by atoms with van der Waals surface area (Å²) in [6.07, 6.45) is 1.04. The molecule has 0 aliphatic heterocycles. The van der Waals surface area contributed by atoms with Crippen LogP contribution in [0.1, 0.15) is 0 Å². The minimum absolute atomic E-state index is 0.0255. The first kappa shape index (κ1) is 9.12. The largest absolute Gasteiger partial charge is 0.360 e. The molecule has 3 nitrogen and oxygen atoms in total. The van der Waals surface area contributed by atoms with Gasteiger partial charge >= 0.3 is 5.95 Å². The quantitative estimate of drug-likeness (QED) is 0.463. The second-order valence-electron chi connectivity index (χ2n) is 2.52. The summed E-state index contributed by atoms with van der Waals surface area (Å²) in [6, 6.07) is 3.93. The van der Waals surface area contributed by atoms with Gasteiger partial charge in [0.1, 0.15) is 7.05 Å². The van der Waals surface area contributed by atoms with Crippen LogP contribution in [0.2, 0.25) is 0 Å². The number of rotatable bonds is 1. The van der Waals surface area contributed by atoms with Gasteiger partial charge in [-0.3, -0.25) is 0 Å². The summed E-state index contributed by atoms with van der Waals surface area (Å²) in [5.41, 5.74) is 0. The molecule has 1 rings (SSSR count). The highest BCUT2D eigenvalue weighted by Crippen LogP contribution is 2.01. The van der Waals surface area contributed by atoms with E-state index in [0.717, 1.165) is 10.8 Å². The van der Waals surface area contributed by atoms with Crippen LogP contribution in [0.25, 0.3) is 0 Å². The zero-order valence-corrected chi connectivity index (χ0v) is 7.60. The molecule has 1 aromatic rings. The average Bonchev–Trinajstić information content (AvgIpc) is 1.92. The van der Waals surface area contributed by atoms with Crippen LogP contribution < -0.4 is 4.57 Å². The van der Waals surface area contributed by atoms with Crippen LogP contribution in [0.3, 0.4) is 0 Å². The van der Waals surface area contributed by atoms with E-state index in [0.29, 0.717) is 0 Å². The minimum atomic E-state index is -3.33. The van der Waals surface area contributed by atoms with E-state index in [1.165, 1.54) is 25.2 Å². The first-order valence-corrected chi connectivity index (χ1v) is 5.16. The first-order chi connectivity index (χ1) is 5.43. The van der Waals surface area contributed by atoms with Crippen LogP contribution >= 0.6 is 0 Å². The van der Waals surface area contributed by atoms with Gasteiger partial charge in [-0.1, -0.05) is 0 Å². The molecule has 0 spiro atoms. The van der Waals surface area contributed by atoms with Crippen molar-refractivity contribution in [3.63, 3.8) is 0 Å². The summed E-state index contributed by atoms with van der Waals surface area (Å²) >= 11 is 0. The number of nitrogens with zero attached hydrogens (tertiary/aromatic N) is 1. The minimum Gasteiger partial charge on any atom is -0.218 e. The summed E-state index contributed by atoms with van der Waals surface area (Å²) in [4.78, 5) is 0. The molecule has 0 atom stereocenters. The molecule has 0 aliphatic rings. The van der Waals surface area contributed by atoms with Crippen LogP contribution in [-0.2, 0) is 16.9 Å². The van der Waals surface area contributed by atoms with E-state index in [1.54, 1.807) is 0 Å². The average molecular weight is 190 g/mol. The van der Waals surface area contributed by atoms with Crippen LogP contribution in [0.15, 0.2) is 23.2 Å². The highest BCUT2D eigenvalue weighted by molar-refractivity contribution is 7.90. The van der Waals surface area contributed by atoms with E-state index in [-0.39, 0.29) is 5.03 Å². The highest BCUT2D eigenvalue weighted by atomic mass is 32.2. The zero-order chi connectivity index (χ0) is 9.35. The molecule has 0 aliphatic carbocycles. The van der Waals surface area contributed by atoms with Gasteiger partial charge in [0.25, 0.3) is 5.03 Å². The van der Waals surface area contributed by atoms with Gasteiger partial charge in [0.2, 0.25) is 9.84 Å². The molecule has 0 unspecified atom stereocenters. The molecule has 0 radical (unpaired) electrons. The van der Waals surface area contributed by atoms with Crippen LogP contribution in [0, 0.1) is 5.95 Å². The van der Waals surface area contributed by atoms with E-state index in [4.69, 9.17) is 0 Å². The SMILES string of the molecule is C[n+]1c(F)cccc1S(C)(=O)=O. The predicted molar refractivity (Wildman–Crippen MR) is 40.7 cm³/mol. The van der Waals surface area contributed by atoms with Gasteiger partial charge in [0.05, 0.1) is 0 Å². The monoisotopic (exact) mass is 190 g/mol. The van der Waals surface area contributed by atoms with Gasteiger partial charge in [-0.05, 0) is 6.07 Å². The van der Waals surface area contributed by atoms with Crippen molar-refractivity contribution in [1.29, 1.82) is 0 Å². The van der Waals surface area contributed by atoms with Crippen molar-refractivity contribution >= 4 is 9.84 Å². The molecule has 0 saturated heterocycles. The maximum Gasteiger partial charge on any atom is 0.360 e. The van der Waals surface area contributed by atoms with E-state index >= 15 is 0 Å². The van der Waals surface area contributed by atoms with E-state index in [1.807, 2.05) is 0 Å². The Bertz CT molecular complexity index is 400. The second-order valence-corrected chi connectivity index (χ2v) is 4.48. The summed E-state index contributed by atoms with van der Waals surface area (Å²) in [5, 5.41) is -0.0255. The lowest BCUT2D eigenvalue weighted by molar-refractivity contribution is -0.736. The van der Waals surface area contributed by atoms with Gasteiger partial charge in [-0.15, -0.1) is 4.39 Å². The third-order valence-electron chi connectivity index (χ3n) is 1.50. The Morgan fingerprint density at radius 2 is 2.00 bits per heavy atom. The van der Waals surface area contributed by atoms with Gasteiger partial charge in [0.15, 0.2) is 0 Å². The Hall–Kier alpha value is -0.970. The molecule has 0 aromatic carbocycles. The van der Waals surface area contributed by atoms with Crippen molar-refractivity contribution in [2.45, 2.75) is 5.03 Å². The highest BCUT2D eigenvalue weighted by Gasteiger charge is 2.20. The summed E-state index contributed by atoms with van der Waals surface area (Å²) in [6.45, 7) is 0. The summed E-state index contributed by atoms with van der Waals surface area (Å²) in [7, 11) is -1.97. The van der Waals surface area contributed by atoms with Gasteiger partial charge in [0, 0.05) is 18.4 Å². The molecule has 0 saturated carbocycles. The maximum absolute atomic E-state index is 12.8. The van der Waals surface area contributed by atoms with E-state index in [2.05, 4.69) is 0 Å². The fraction of sp³-hybridized carbons (Fsp3) is 0.286. The van der Waals surface area contributed by atoms with Crippen molar-refractivity contribution in [2.75, 3.05) is 6.26 Å². The van der Waals surface area contributed by atoms with Crippen molar-refractivity contribution in [3.05, 3.63) is 24.1 Å². The molecular formula is C7H9FNO2S+. The van der Waals surface area contributed by atoms with E-state index < -0.39 is 15.8 Å². The molecular weight excluding hydrogens is 181 g/mol. The molecule has 0 bridgehead atoms. The van der Waals surface area contributed by atoms with Crippen LogP contribution in [-0.4, -0.2) is 14.7 Å². The number of hydrogen-bond donors (Lipinski definition) is 0. The van der Waals surface area contributed by atoms with Crippen LogP contribution in [0.5, 0.6) is 0 Å². The van der Waals surface area contributed by atoms with E-state index in [9.17, 15) is 12.8 Å². The number of sulfone groups is 1. The molecule has 66 valence electrons. The maximum atomic E-state index is 12.8. The molecule has 0 fully saturated rings. The molecule has 1 heterocycles. The number of pyridine rings is 1. The zero-order valence-electron chi connectivity index (χ0n) is 6.78. The predicted octanol–water partition coefficient (Wildman–Crippen LogP) is 0.0537. The smallest absolute Gasteiger partial charge is 0.218 e. The number of hydrogen-bond acceptors (Lipinski definition) is 2. The van der Waals surface area contributed by atoms with Crippen LogP contribution in [0.4, 0.5) is 4.39 Å². The Morgan fingerprint density at radius 3 is 2.42 bits per heavy atom. The standard InChI is InChI=1S/C7H9FNO2S/c1-9-6(8)4-3-5-7(9)12(2,10)11/h3-5H,1-2H3/q+1. The normalized spacial score (nSPS) is 11.6. The fourth-order valence-electron chi connectivity index (χ4n) is 0.911. The Kier molecular flexibility index (Phi) is 2.14. The lowest BCUT2D eigenvalue weighted by atomic mass is 10.5. The molecule has 0 N–H and O–H groups in total. The molecule has 1 aromatic heterocycles. The van der Waals surface area contributed by atoms with Gasteiger partial charge in [-0.25, -0.2) is 8.42 Å². The number of aromatic nitrogens is 1. The van der Waals surface area contributed by atoms with Gasteiger partial charge in [-0.2, -0.15) is 4.57 Å². The Balaban J connectivity index is 3.47. The first-order valence-electron chi connectivity index (χ1n) is 3.27. The molecule has 12 heavy (non-hydrogen) atoms. The van der Waals surface area contributed by atoms with Crippen molar-refractivity contribution in [3.8, 4) is 0 Å². The summed E-state index contributed by atoms with van der Waals surface area (Å²) in [5.74, 6) is -0.571. The fourth-order valence-corrected chi connectivity index (χ4v) is 1.82. The molecule has 0 amide bonds. The van der Waals surface area contributed by atoms with Crippen molar-refractivity contribution < 1.29 is 17.4 Å². The Morgan fingerprint density at radius 1 is 1.42 bits per heavy atom. The third-order valence-corrected chi connectivity index (χ3v) is 2.67. The third kappa shape index (κ3) is 1.61. The summed E-state index contributed by atoms with van der Waals surface area (Å²) < 4.78 is 35.8. The van der Waals surface area contributed by atoms with Gasteiger partial charge < -0.3 is 0 Å². The Labute approximate surface area is 70.4 Å².